The summed E-state index contributed by atoms with van der Waals surface area (Å²) in [6.45, 7) is 0. The van der Waals surface area contributed by atoms with E-state index < -0.39 is 0 Å². The summed E-state index contributed by atoms with van der Waals surface area (Å²) in [4.78, 5) is 16.7. The van der Waals surface area contributed by atoms with E-state index in [-0.39, 0.29) is 11.6 Å². The van der Waals surface area contributed by atoms with Crippen LogP contribution in [0.2, 0.25) is 5.02 Å². The lowest BCUT2D eigenvalue weighted by molar-refractivity contribution is 0.709. The number of para-hydroxylation sites is 1. The molecule has 1 aromatic heterocycles. The molecule has 170 valence electrons. The first-order chi connectivity index (χ1) is 17.2. The summed E-state index contributed by atoms with van der Waals surface area (Å²) in [7, 11) is 0. The van der Waals surface area contributed by atoms with Crippen molar-refractivity contribution in [3.8, 4) is 11.1 Å². The number of benzene rings is 4. The van der Waals surface area contributed by atoms with Crippen LogP contribution in [0, 0.1) is 0 Å². The lowest BCUT2D eigenvalue weighted by atomic mass is 9.91. The number of nitrogens with one attached hydrogen (secondary N) is 1. The van der Waals surface area contributed by atoms with E-state index in [4.69, 9.17) is 16.7 Å². The fourth-order valence-corrected chi connectivity index (χ4v) is 5.03. The molecular weight excluding hydrogens is 454 g/mol. The number of aromatic amines is 1. The molecule has 0 amide bonds. The average molecular weight is 476 g/mol. The Bertz CT molecular complexity index is 1600. The van der Waals surface area contributed by atoms with E-state index in [0.29, 0.717) is 17.0 Å². The SMILES string of the molecule is O=c1[nH]c2ccc(Cl)cc2c(-c2ccccc2)c1C1=NN(c2ccccc2)C(c2ccccc2)C1. The zero-order chi connectivity index (χ0) is 23.8. The lowest BCUT2D eigenvalue weighted by Crippen LogP contribution is -2.20. The molecule has 1 aliphatic rings. The predicted octanol–water partition coefficient (Wildman–Crippen LogP) is 7.20. The van der Waals surface area contributed by atoms with E-state index in [1.54, 1.807) is 6.07 Å². The lowest BCUT2D eigenvalue weighted by Gasteiger charge is -2.23. The molecule has 0 bridgehead atoms. The van der Waals surface area contributed by atoms with Crippen LogP contribution in [-0.4, -0.2) is 10.7 Å². The molecule has 1 aliphatic heterocycles. The van der Waals surface area contributed by atoms with E-state index in [9.17, 15) is 4.79 Å². The first-order valence-corrected chi connectivity index (χ1v) is 11.9. The fraction of sp³-hybridized carbons (Fsp3) is 0.0667. The summed E-state index contributed by atoms with van der Waals surface area (Å²) in [6, 6.07) is 35.9. The number of anilines is 1. The second-order valence-electron chi connectivity index (χ2n) is 8.62. The second-order valence-corrected chi connectivity index (χ2v) is 9.05. The predicted molar refractivity (Wildman–Crippen MR) is 144 cm³/mol. The van der Waals surface area contributed by atoms with Crippen molar-refractivity contribution in [2.75, 3.05) is 5.01 Å². The summed E-state index contributed by atoms with van der Waals surface area (Å²) in [6.07, 6.45) is 0.605. The molecule has 4 aromatic carbocycles. The molecule has 0 saturated heterocycles. The molecule has 5 aromatic rings. The highest BCUT2D eigenvalue weighted by atomic mass is 35.5. The number of fused-ring (bicyclic) bond motifs is 1. The minimum atomic E-state index is -0.154. The number of rotatable bonds is 4. The van der Waals surface area contributed by atoms with Gasteiger partial charge in [-0.25, -0.2) is 0 Å². The van der Waals surface area contributed by atoms with Crippen molar-refractivity contribution in [2.24, 2.45) is 5.10 Å². The van der Waals surface area contributed by atoms with Crippen molar-refractivity contribution in [3.05, 3.63) is 136 Å². The van der Waals surface area contributed by atoms with Gasteiger partial charge in [-0.1, -0.05) is 90.5 Å². The van der Waals surface area contributed by atoms with Gasteiger partial charge in [-0.05, 0) is 41.5 Å². The van der Waals surface area contributed by atoms with Crippen LogP contribution >= 0.6 is 11.6 Å². The van der Waals surface area contributed by atoms with Crippen molar-refractivity contribution in [1.29, 1.82) is 0 Å². The highest BCUT2D eigenvalue weighted by molar-refractivity contribution is 6.31. The Hall–Kier alpha value is -4.15. The molecule has 1 unspecified atom stereocenters. The van der Waals surface area contributed by atoms with Crippen LogP contribution in [0.5, 0.6) is 0 Å². The third-order valence-corrected chi connectivity index (χ3v) is 6.68. The van der Waals surface area contributed by atoms with Crippen molar-refractivity contribution in [2.45, 2.75) is 12.5 Å². The quantitative estimate of drug-likeness (QED) is 0.298. The van der Waals surface area contributed by atoms with Crippen LogP contribution in [0.4, 0.5) is 5.69 Å². The zero-order valence-corrected chi connectivity index (χ0v) is 19.6. The second kappa shape index (κ2) is 8.90. The third-order valence-electron chi connectivity index (χ3n) is 6.44. The maximum absolute atomic E-state index is 13.6. The Labute approximate surface area is 208 Å². The molecule has 0 radical (unpaired) electrons. The van der Waals surface area contributed by atoms with E-state index >= 15 is 0 Å². The van der Waals surface area contributed by atoms with Gasteiger partial charge >= 0.3 is 0 Å². The number of hydrogen-bond acceptors (Lipinski definition) is 3. The van der Waals surface area contributed by atoms with Crippen LogP contribution in [0.15, 0.2) is 119 Å². The van der Waals surface area contributed by atoms with Crippen molar-refractivity contribution in [1.82, 2.24) is 4.98 Å². The van der Waals surface area contributed by atoms with Gasteiger partial charge in [0.25, 0.3) is 5.56 Å². The van der Waals surface area contributed by atoms with Crippen LogP contribution in [0.3, 0.4) is 0 Å². The van der Waals surface area contributed by atoms with Gasteiger partial charge in [-0.15, -0.1) is 0 Å². The first kappa shape index (κ1) is 21.4. The van der Waals surface area contributed by atoms with Gasteiger partial charge in [0.2, 0.25) is 0 Å². The van der Waals surface area contributed by atoms with Crippen LogP contribution in [0.25, 0.3) is 22.0 Å². The largest absolute Gasteiger partial charge is 0.321 e. The molecule has 2 heterocycles. The molecule has 35 heavy (non-hydrogen) atoms. The fourth-order valence-electron chi connectivity index (χ4n) is 4.86. The summed E-state index contributed by atoms with van der Waals surface area (Å²) in [5.74, 6) is 0. The molecule has 1 atom stereocenters. The van der Waals surface area contributed by atoms with Gasteiger partial charge < -0.3 is 4.98 Å². The number of halogens is 1. The minimum Gasteiger partial charge on any atom is -0.321 e. The number of pyridine rings is 1. The Kier molecular flexibility index (Phi) is 5.44. The normalized spacial score (nSPS) is 15.4. The van der Waals surface area contributed by atoms with Crippen molar-refractivity contribution >= 4 is 33.9 Å². The molecule has 0 saturated carbocycles. The minimum absolute atomic E-state index is 0.0216. The monoisotopic (exact) mass is 475 g/mol. The molecular formula is C30H22ClN3O. The van der Waals surface area contributed by atoms with Crippen LogP contribution in [-0.2, 0) is 0 Å². The molecule has 1 N–H and O–H groups in total. The number of hydrogen-bond donors (Lipinski definition) is 1. The van der Waals surface area contributed by atoms with E-state index in [2.05, 4.69) is 17.1 Å². The van der Waals surface area contributed by atoms with Gasteiger partial charge in [0.1, 0.15) is 0 Å². The maximum atomic E-state index is 13.6. The Balaban J connectivity index is 1.60. The van der Waals surface area contributed by atoms with E-state index in [1.807, 2.05) is 96.0 Å². The van der Waals surface area contributed by atoms with Gasteiger partial charge in [0.05, 0.1) is 23.0 Å². The summed E-state index contributed by atoms with van der Waals surface area (Å²) in [5, 5.41) is 8.61. The number of hydrazone groups is 1. The topological polar surface area (TPSA) is 48.5 Å². The summed E-state index contributed by atoms with van der Waals surface area (Å²) < 4.78 is 0. The molecule has 6 rings (SSSR count). The third kappa shape index (κ3) is 3.92. The van der Waals surface area contributed by atoms with Gasteiger partial charge in [0, 0.05) is 27.9 Å². The zero-order valence-electron chi connectivity index (χ0n) is 18.9. The molecule has 0 aliphatic carbocycles. The Morgan fingerprint density at radius 2 is 1.46 bits per heavy atom. The van der Waals surface area contributed by atoms with Crippen LogP contribution < -0.4 is 10.6 Å². The highest BCUT2D eigenvalue weighted by Crippen LogP contribution is 2.39. The first-order valence-electron chi connectivity index (χ1n) is 11.6. The maximum Gasteiger partial charge on any atom is 0.258 e. The number of aromatic nitrogens is 1. The Morgan fingerprint density at radius 1 is 0.800 bits per heavy atom. The number of nitrogens with zero attached hydrogens (tertiary/aromatic N) is 2. The molecule has 0 fully saturated rings. The molecule has 5 heteroatoms. The Morgan fingerprint density at radius 3 is 2.17 bits per heavy atom. The summed E-state index contributed by atoms with van der Waals surface area (Å²) >= 11 is 6.41. The van der Waals surface area contributed by atoms with Gasteiger partial charge in [-0.2, -0.15) is 5.10 Å². The van der Waals surface area contributed by atoms with Crippen molar-refractivity contribution < 1.29 is 0 Å². The van der Waals surface area contributed by atoms with Gasteiger partial charge in [0.15, 0.2) is 0 Å². The average Bonchev–Trinajstić information content (AvgIpc) is 3.35. The van der Waals surface area contributed by atoms with E-state index in [0.717, 1.165) is 39.0 Å². The molecule has 0 spiro atoms. The van der Waals surface area contributed by atoms with Gasteiger partial charge in [-0.3, -0.25) is 9.80 Å². The highest BCUT2D eigenvalue weighted by Gasteiger charge is 2.32. The standard InChI is InChI=1S/C30H22ClN3O/c31-22-16-17-25-24(18-22)28(21-12-6-2-7-13-21)29(30(35)32-25)26-19-27(20-10-4-1-5-11-20)34(33-26)23-14-8-3-9-15-23/h1-18,27H,19H2,(H,32,35). The van der Waals surface area contributed by atoms with E-state index in [1.165, 1.54) is 0 Å². The van der Waals surface area contributed by atoms with Crippen molar-refractivity contribution in [3.63, 3.8) is 0 Å². The molecule has 4 nitrogen and oxygen atoms in total. The number of H-pyrrole nitrogens is 1. The smallest absolute Gasteiger partial charge is 0.258 e. The van der Waals surface area contributed by atoms with Crippen LogP contribution in [0.1, 0.15) is 23.6 Å². The summed E-state index contributed by atoms with van der Waals surface area (Å²) in [5.41, 5.74) is 5.88.